The molecule has 4 nitrogen and oxygen atoms in total. The number of carbonyl (C=O) groups excluding carboxylic acids is 2. The average molecular weight is 407 g/mol. The van der Waals surface area contributed by atoms with Crippen LogP contribution in [-0.4, -0.2) is 19.2 Å². The molecule has 0 spiro atoms. The monoisotopic (exact) mass is 408 g/mol. The quantitative estimate of drug-likeness (QED) is 0.684. The third kappa shape index (κ3) is 3.48. The molecule has 0 aromatic rings. The van der Waals surface area contributed by atoms with Crippen LogP contribution in [0.4, 0.5) is 0 Å². The molecule has 0 aliphatic carbocycles. The molecule has 0 bridgehead atoms. The number of nitrogens with zero attached hydrogens (tertiary/aromatic N) is 1. The molecule has 1 atom stereocenters. The van der Waals surface area contributed by atoms with E-state index >= 15 is 0 Å². The molecule has 0 radical (unpaired) electrons. The molecule has 1 aliphatic heterocycles. The molecule has 1 N–H and O–H groups in total. The molecule has 0 aromatic heterocycles. The maximum absolute atomic E-state index is 10.9. The third-order valence-corrected chi connectivity index (χ3v) is 9.11. The number of hydrogen-bond acceptors (Lipinski definition) is 4. The number of amides is 1. The van der Waals surface area contributed by atoms with Crippen LogP contribution in [0.25, 0.3) is 0 Å². The van der Waals surface area contributed by atoms with E-state index in [2.05, 4.69) is 5.32 Å². The molecule has 13 heavy (non-hydrogen) atoms. The second-order valence-electron chi connectivity index (χ2n) is 2.42. The summed E-state index contributed by atoms with van der Waals surface area (Å²) in [5, 5.41) is 2.64. The number of nitrogens with one attached hydrogen (secondary N) is 1. The Morgan fingerprint density at radius 3 is 3.08 bits per heavy atom. The number of hydrogen-bond donors (Lipinski definition) is 1. The van der Waals surface area contributed by atoms with E-state index in [4.69, 9.17) is 8.25 Å². The van der Waals surface area contributed by atoms with Crippen molar-refractivity contribution in [1.29, 1.82) is 0 Å². The summed E-state index contributed by atoms with van der Waals surface area (Å²) >= 11 is -0.518. The fraction of sp³-hybridized carbons (Fsp3) is 0.333. The summed E-state index contributed by atoms with van der Waals surface area (Å²) in [4.78, 5) is 21.8. The van der Waals surface area contributed by atoms with Gasteiger partial charge in [-0.2, -0.15) is 0 Å². The zero-order chi connectivity index (χ0) is 9.84. The van der Waals surface area contributed by atoms with Crippen LogP contribution in [0.15, 0.2) is 12.3 Å². The van der Waals surface area contributed by atoms with Gasteiger partial charge in [0, 0.05) is 0 Å². The van der Waals surface area contributed by atoms with Crippen LogP contribution in [0.3, 0.4) is 0 Å². The molecule has 1 rings (SSSR count). The molecule has 1 amide bonds. The first-order chi connectivity index (χ1) is 6.13. The minimum absolute atomic E-state index is 0.0240. The topological polar surface area (TPSA) is 49.4 Å². The van der Waals surface area contributed by atoms with Gasteiger partial charge in [-0.3, -0.25) is 0 Å². The predicted octanol–water partition coefficient (Wildman–Crippen LogP) is 0.647. The first-order valence-corrected chi connectivity index (χ1v) is 13.7. The molecule has 1 aliphatic rings. The van der Waals surface area contributed by atoms with Gasteiger partial charge in [0.25, 0.3) is 0 Å². The van der Waals surface area contributed by atoms with Gasteiger partial charge in [0.15, 0.2) is 0 Å². The first-order valence-electron chi connectivity index (χ1n) is 3.61. The van der Waals surface area contributed by atoms with Crippen LogP contribution in [0, 0.1) is 0 Å². The SMILES string of the molecule is CC(=O)SC1NC(=O)C=C[N]1[Hg][Cl]. The van der Waals surface area contributed by atoms with E-state index in [0.717, 1.165) is 11.8 Å². The van der Waals surface area contributed by atoms with E-state index in [1.165, 1.54) is 13.0 Å². The minimum atomic E-state index is -1.60. The second kappa shape index (κ2) is 5.21. The Hall–Kier alpha value is 0.255. The standard InChI is InChI=1S/C6H8N2O2S.ClH.Hg/c1-4(9)11-6-7-3-2-5(10)8-6;;/h2-3,6H,1H3,(H2,7,8,10);1H;/q;;+2/p-2. The molecule has 0 saturated heterocycles. The number of rotatable bonds is 2. The molecule has 68 valence electrons. The average Bonchev–Trinajstić information content (AvgIpc) is 2.03. The number of thioether (sulfide) groups is 1. The van der Waals surface area contributed by atoms with Gasteiger partial charge < -0.3 is 0 Å². The Morgan fingerprint density at radius 2 is 2.54 bits per heavy atom. The summed E-state index contributed by atoms with van der Waals surface area (Å²) in [7, 11) is 5.83. The summed E-state index contributed by atoms with van der Waals surface area (Å²) in [6.45, 7) is 1.47. The first kappa shape index (κ1) is 11.3. The van der Waals surface area contributed by atoms with Crippen molar-refractivity contribution in [3.8, 4) is 0 Å². The molecular weight excluding hydrogens is 400 g/mol. The van der Waals surface area contributed by atoms with Crippen LogP contribution in [0.1, 0.15) is 6.92 Å². The summed E-state index contributed by atoms with van der Waals surface area (Å²) in [5.74, 6) is -0.173. The molecule has 1 heterocycles. The number of carbonyl (C=O) groups is 2. The third-order valence-electron chi connectivity index (χ3n) is 1.40. The maximum atomic E-state index is 10.9. The van der Waals surface area contributed by atoms with Gasteiger partial charge in [0.1, 0.15) is 0 Å². The van der Waals surface area contributed by atoms with Crippen molar-refractivity contribution in [2.75, 3.05) is 0 Å². The van der Waals surface area contributed by atoms with Crippen molar-refractivity contribution in [2.45, 2.75) is 12.4 Å². The molecular formula is C6H7ClHgN2O2S. The summed E-state index contributed by atoms with van der Waals surface area (Å²) in [6.07, 6.45) is 3.10. The Balaban J connectivity index is 2.65. The van der Waals surface area contributed by atoms with Gasteiger partial charge in [-0.15, -0.1) is 0 Å². The van der Waals surface area contributed by atoms with Crippen molar-refractivity contribution in [3.05, 3.63) is 12.3 Å². The van der Waals surface area contributed by atoms with Crippen LogP contribution >= 0.6 is 20.0 Å². The zero-order valence-electron chi connectivity index (χ0n) is 6.99. The number of halogens is 1. The van der Waals surface area contributed by atoms with E-state index in [1.807, 2.05) is 2.66 Å². The molecule has 7 heteroatoms. The second-order valence-corrected chi connectivity index (χ2v) is 9.54. The summed E-state index contributed by atoms with van der Waals surface area (Å²) < 4.78 is 1.88. The van der Waals surface area contributed by atoms with E-state index in [1.54, 1.807) is 6.20 Å². The summed E-state index contributed by atoms with van der Waals surface area (Å²) in [6, 6.07) is 0. The van der Waals surface area contributed by atoms with Gasteiger partial charge in [-0.25, -0.2) is 0 Å². The van der Waals surface area contributed by atoms with Gasteiger partial charge in [0.05, 0.1) is 0 Å². The normalized spacial score (nSPS) is 20.9. The van der Waals surface area contributed by atoms with E-state index in [-0.39, 0.29) is 16.5 Å². The Labute approximate surface area is 96.4 Å². The Bertz CT molecular complexity index is 261. The molecule has 0 fully saturated rings. The Morgan fingerprint density at radius 1 is 1.85 bits per heavy atom. The van der Waals surface area contributed by atoms with Gasteiger partial charge >= 0.3 is 96.9 Å². The van der Waals surface area contributed by atoms with Crippen LogP contribution in [0.2, 0.25) is 0 Å². The Kier molecular flexibility index (Phi) is 4.54. The van der Waals surface area contributed by atoms with Gasteiger partial charge in [-0.05, 0) is 0 Å². The van der Waals surface area contributed by atoms with Crippen LogP contribution < -0.4 is 5.32 Å². The van der Waals surface area contributed by atoms with E-state index < -0.39 is 23.6 Å². The van der Waals surface area contributed by atoms with Crippen molar-refractivity contribution in [2.24, 2.45) is 0 Å². The van der Waals surface area contributed by atoms with Gasteiger partial charge in [0.2, 0.25) is 0 Å². The van der Waals surface area contributed by atoms with Gasteiger partial charge in [-0.1, -0.05) is 0 Å². The molecule has 0 saturated carbocycles. The van der Waals surface area contributed by atoms with Crippen LogP contribution in [-0.2, 0) is 33.2 Å². The van der Waals surface area contributed by atoms with Crippen molar-refractivity contribution >= 4 is 31.0 Å². The van der Waals surface area contributed by atoms with E-state index in [9.17, 15) is 9.59 Å². The predicted molar refractivity (Wildman–Crippen MR) is 47.0 cm³/mol. The molecule has 0 aromatic carbocycles. The van der Waals surface area contributed by atoms with Crippen LogP contribution in [0.5, 0.6) is 0 Å². The summed E-state index contributed by atoms with van der Waals surface area (Å²) in [5.41, 5.74) is -0.283. The molecule has 1 unspecified atom stereocenters. The van der Waals surface area contributed by atoms with Crippen molar-refractivity contribution in [3.63, 3.8) is 0 Å². The fourth-order valence-corrected chi connectivity index (χ4v) is 7.26. The zero-order valence-corrected chi connectivity index (χ0v) is 14.1. The van der Waals surface area contributed by atoms with Crippen molar-refractivity contribution in [1.82, 2.24) is 7.98 Å². The van der Waals surface area contributed by atoms with Crippen molar-refractivity contribution < 1.29 is 33.2 Å². The van der Waals surface area contributed by atoms with E-state index in [0.29, 0.717) is 0 Å². The fourth-order valence-electron chi connectivity index (χ4n) is 0.851.